The van der Waals surface area contributed by atoms with E-state index < -0.39 is 18.4 Å². The molecule has 1 nitrogen and oxygen atoms in total. The average molecular weight is 389 g/mol. The van der Waals surface area contributed by atoms with Crippen LogP contribution >= 0.6 is 0 Å². The summed E-state index contributed by atoms with van der Waals surface area (Å²) < 4.78 is 6.52. The fraction of sp³-hybridized carbons (Fsp3) is 0.944. The SMILES string of the molecule is CCC[CH2][Sn]([CH2]CCC)([CH2]CCC)[CH2]CCCCC=O. The Morgan fingerprint density at radius 3 is 1.50 bits per heavy atom. The molecule has 120 valence electrons. The standard InChI is InChI=1S/C6H11O.3C4H9.Sn/c1-2-3-4-5-6-7;3*1-3-4-2;/h6H,1-5H2;3*1,3-4H2,2H3;. The van der Waals surface area contributed by atoms with Crippen molar-refractivity contribution in [3.8, 4) is 0 Å². The van der Waals surface area contributed by atoms with Gasteiger partial charge in [0.2, 0.25) is 0 Å². The van der Waals surface area contributed by atoms with Crippen molar-refractivity contribution in [2.24, 2.45) is 0 Å². The van der Waals surface area contributed by atoms with E-state index in [2.05, 4.69) is 20.8 Å². The molecule has 0 radical (unpaired) electrons. The van der Waals surface area contributed by atoms with E-state index in [1.165, 1.54) is 51.4 Å². The molecule has 0 aromatic rings. The number of carbonyl (C=O) groups excluding carboxylic acids is 1. The van der Waals surface area contributed by atoms with Crippen molar-refractivity contribution in [3.05, 3.63) is 0 Å². The van der Waals surface area contributed by atoms with E-state index >= 15 is 0 Å². The van der Waals surface area contributed by atoms with E-state index in [0.29, 0.717) is 0 Å². The number of rotatable bonds is 15. The molecule has 0 atom stereocenters. The molecule has 0 N–H and O–H groups in total. The Hall–Kier alpha value is 0.469. The second-order valence-electron chi connectivity index (χ2n) is 6.58. The Labute approximate surface area is 132 Å². The summed E-state index contributed by atoms with van der Waals surface area (Å²) in [4.78, 5) is 10.4. The molecule has 0 aromatic heterocycles. The summed E-state index contributed by atoms with van der Waals surface area (Å²) in [6, 6.07) is 0. The summed E-state index contributed by atoms with van der Waals surface area (Å²) in [6.45, 7) is 7.04. The Bertz CT molecular complexity index is 194. The number of unbranched alkanes of at least 4 members (excludes halogenated alkanes) is 6. The monoisotopic (exact) mass is 390 g/mol. The van der Waals surface area contributed by atoms with Crippen molar-refractivity contribution < 1.29 is 4.79 Å². The molecule has 0 fully saturated rings. The topological polar surface area (TPSA) is 17.1 Å². The molecular formula is C18H38OSn. The van der Waals surface area contributed by atoms with Crippen molar-refractivity contribution in [1.82, 2.24) is 0 Å². The van der Waals surface area contributed by atoms with Crippen LogP contribution in [-0.2, 0) is 4.79 Å². The van der Waals surface area contributed by atoms with Crippen LogP contribution in [0.1, 0.15) is 85.0 Å². The van der Waals surface area contributed by atoms with Crippen LogP contribution in [0.25, 0.3) is 0 Å². The molecule has 0 rings (SSSR count). The molecular weight excluding hydrogens is 351 g/mol. The third-order valence-electron chi connectivity index (χ3n) is 4.71. The third-order valence-corrected chi connectivity index (χ3v) is 20.9. The zero-order chi connectivity index (χ0) is 15.1. The molecule has 0 saturated heterocycles. The van der Waals surface area contributed by atoms with Crippen LogP contribution in [0.2, 0.25) is 17.7 Å². The van der Waals surface area contributed by atoms with Gasteiger partial charge in [-0.05, 0) is 0 Å². The van der Waals surface area contributed by atoms with Crippen LogP contribution in [0, 0.1) is 0 Å². The summed E-state index contributed by atoms with van der Waals surface area (Å²) in [6.07, 6.45) is 14.3. The van der Waals surface area contributed by atoms with Gasteiger partial charge in [0.05, 0.1) is 0 Å². The molecule has 0 amide bonds. The Morgan fingerprint density at radius 1 is 0.650 bits per heavy atom. The summed E-state index contributed by atoms with van der Waals surface area (Å²) in [5.74, 6) is 0. The first-order chi connectivity index (χ1) is 9.74. The predicted octanol–water partition coefficient (Wildman–Crippen LogP) is 6.59. The van der Waals surface area contributed by atoms with Gasteiger partial charge in [0, 0.05) is 0 Å². The van der Waals surface area contributed by atoms with Gasteiger partial charge < -0.3 is 0 Å². The quantitative estimate of drug-likeness (QED) is 0.175. The molecule has 0 unspecified atom stereocenters. The van der Waals surface area contributed by atoms with E-state index in [0.717, 1.165) is 19.1 Å². The molecule has 2 heteroatoms. The molecule has 0 bridgehead atoms. The van der Waals surface area contributed by atoms with E-state index in [-0.39, 0.29) is 0 Å². The molecule has 0 heterocycles. The second kappa shape index (κ2) is 14.4. The first-order valence-electron chi connectivity index (χ1n) is 9.18. The van der Waals surface area contributed by atoms with Gasteiger partial charge in [0.25, 0.3) is 0 Å². The van der Waals surface area contributed by atoms with Crippen molar-refractivity contribution in [1.29, 1.82) is 0 Å². The van der Waals surface area contributed by atoms with Gasteiger partial charge in [-0.15, -0.1) is 0 Å². The van der Waals surface area contributed by atoms with E-state index in [1.54, 1.807) is 17.7 Å². The van der Waals surface area contributed by atoms with E-state index in [1.807, 2.05) is 0 Å². The predicted molar refractivity (Wildman–Crippen MR) is 94.2 cm³/mol. The Balaban J connectivity index is 4.37. The van der Waals surface area contributed by atoms with Crippen molar-refractivity contribution >= 4 is 24.7 Å². The fourth-order valence-corrected chi connectivity index (χ4v) is 19.9. The maximum atomic E-state index is 10.4. The van der Waals surface area contributed by atoms with Crippen LogP contribution in [0.15, 0.2) is 0 Å². The van der Waals surface area contributed by atoms with Gasteiger partial charge in [-0.1, -0.05) is 0 Å². The van der Waals surface area contributed by atoms with Crippen LogP contribution in [0.3, 0.4) is 0 Å². The first kappa shape index (κ1) is 20.5. The second-order valence-corrected chi connectivity index (χ2v) is 20.8. The molecule has 0 spiro atoms. The summed E-state index contributed by atoms with van der Waals surface area (Å²) in [7, 11) is 0. The summed E-state index contributed by atoms with van der Waals surface area (Å²) in [5, 5.41) is 0. The van der Waals surface area contributed by atoms with Gasteiger partial charge in [-0.3, -0.25) is 0 Å². The molecule has 0 aliphatic rings. The third kappa shape index (κ3) is 10.2. The number of hydrogen-bond donors (Lipinski definition) is 0. The number of hydrogen-bond acceptors (Lipinski definition) is 1. The molecule has 0 aliphatic carbocycles. The molecule has 0 aliphatic heterocycles. The molecule has 0 aromatic carbocycles. The average Bonchev–Trinajstić information content (AvgIpc) is 2.48. The van der Waals surface area contributed by atoms with Crippen molar-refractivity contribution in [3.63, 3.8) is 0 Å². The van der Waals surface area contributed by atoms with Crippen molar-refractivity contribution in [2.75, 3.05) is 0 Å². The minimum atomic E-state index is -1.84. The van der Waals surface area contributed by atoms with Gasteiger partial charge in [0.1, 0.15) is 0 Å². The van der Waals surface area contributed by atoms with Crippen LogP contribution < -0.4 is 0 Å². The van der Waals surface area contributed by atoms with Gasteiger partial charge in [0.15, 0.2) is 0 Å². The Morgan fingerprint density at radius 2 is 1.10 bits per heavy atom. The normalized spacial score (nSPS) is 11.8. The summed E-state index contributed by atoms with van der Waals surface area (Å²) in [5.41, 5.74) is 0. The first-order valence-corrected chi connectivity index (χ1v) is 17.3. The molecule has 20 heavy (non-hydrogen) atoms. The maximum absolute atomic E-state index is 10.4. The summed E-state index contributed by atoms with van der Waals surface area (Å²) >= 11 is -1.84. The zero-order valence-corrected chi connectivity index (χ0v) is 17.2. The van der Waals surface area contributed by atoms with Crippen LogP contribution in [0.4, 0.5) is 0 Å². The zero-order valence-electron chi connectivity index (χ0n) is 14.4. The van der Waals surface area contributed by atoms with Gasteiger partial charge >= 0.3 is 132 Å². The molecule has 0 saturated carbocycles. The Kier molecular flexibility index (Phi) is 14.7. The van der Waals surface area contributed by atoms with Gasteiger partial charge in [-0.2, -0.15) is 0 Å². The fourth-order valence-electron chi connectivity index (χ4n) is 3.31. The number of aldehydes is 1. The van der Waals surface area contributed by atoms with E-state index in [4.69, 9.17) is 0 Å². The van der Waals surface area contributed by atoms with E-state index in [9.17, 15) is 4.79 Å². The van der Waals surface area contributed by atoms with Gasteiger partial charge in [-0.25, -0.2) is 0 Å². The van der Waals surface area contributed by atoms with Crippen LogP contribution in [0.5, 0.6) is 0 Å². The number of carbonyl (C=O) groups is 1. The minimum absolute atomic E-state index is 0.779. The van der Waals surface area contributed by atoms with Crippen LogP contribution in [-0.4, -0.2) is 24.7 Å². The van der Waals surface area contributed by atoms with Crippen molar-refractivity contribution in [2.45, 2.75) is 103 Å².